The van der Waals surface area contributed by atoms with Crippen molar-refractivity contribution in [1.82, 2.24) is 15.0 Å². The lowest BCUT2D eigenvalue weighted by atomic mass is 9.84. The number of aromatic nitrogens is 2. The number of aliphatic hydroxyl groups is 1. The lowest BCUT2D eigenvalue weighted by Crippen LogP contribution is -2.42. The first-order valence-electron chi connectivity index (χ1n) is 7.83. The molecule has 0 atom stereocenters. The highest BCUT2D eigenvalue weighted by molar-refractivity contribution is 7.89. The second-order valence-corrected chi connectivity index (χ2v) is 8.49. The van der Waals surface area contributed by atoms with E-state index in [9.17, 15) is 13.5 Å². The van der Waals surface area contributed by atoms with Crippen LogP contribution in [0.15, 0.2) is 34.9 Å². The summed E-state index contributed by atoms with van der Waals surface area (Å²) in [6.45, 7) is 1.87. The zero-order chi connectivity index (χ0) is 17.2. The molecule has 0 amide bonds. The standard InChI is InChI=1S/C16H21N3O4S/c1-24(21,22)12-14-17-15(23-18-14)11-19-9-7-16(20,8-10-19)13-5-3-2-4-6-13/h2-6,20H,7-12H2,1H3. The van der Waals surface area contributed by atoms with Crippen LogP contribution in [0.1, 0.15) is 30.1 Å². The van der Waals surface area contributed by atoms with Crippen LogP contribution in [0.2, 0.25) is 0 Å². The van der Waals surface area contributed by atoms with E-state index in [0.29, 0.717) is 38.4 Å². The number of hydrogen-bond acceptors (Lipinski definition) is 7. The number of nitrogens with zero attached hydrogens (tertiary/aromatic N) is 3. The van der Waals surface area contributed by atoms with Crippen LogP contribution in [0.25, 0.3) is 0 Å². The van der Waals surface area contributed by atoms with E-state index in [1.165, 1.54) is 0 Å². The van der Waals surface area contributed by atoms with Gasteiger partial charge in [-0.15, -0.1) is 0 Å². The molecule has 0 saturated carbocycles. The highest BCUT2D eigenvalue weighted by Gasteiger charge is 2.34. The normalized spacial score (nSPS) is 18.6. The first-order valence-corrected chi connectivity index (χ1v) is 9.90. The van der Waals surface area contributed by atoms with Crippen LogP contribution < -0.4 is 0 Å². The van der Waals surface area contributed by atoms with Crippen molar-refractivity contribution < 1.29 is 18.0 Å². The lowest BCUT2D eigenvalue weighted by Gasteiger charge is -2.38. The number of hydrogen-bond donors (Lipinski definition) is 1. The summed E-state index contributed by atoms with van der Waals surface area (Å²) in [5.41, 5.74) is 0.145. The van der Waals surface area contributed by atoms with Crippen LogP contribution in [0, 0.1) is 0 Å². The van der Waals surface area contributed by atoms with Crippen molar-refractivity contribution in [3.63, 3.8) is 0 Å². The molecule has 0 unspecified atom stereocenters. The third-order valence-electron chi connectivity index (χ3n) is 4.25. The van der Waals surface area contributed by atoms with Crippen molar-refractivity contribution in [3.8, 4) is 0 Å². The van der Waals surface area contributed by atoms with Crippen molar-refractivity contribution in [1.29, 1.82) is 0 Å². The van der Waals surface area contributed by atoms with Gasteiger partial charge in [0.2, 0.25) is 5.89 Å². The molecule has 1 saturated heterocycles. The number of piperidine rings is 1. The molecule has 1 fully saturated rings. The van der Waals surface area contributed by atoms with Gasteiger partial charge in [0.25, 0.3) is 0 Å². The number of benzene rings is 1. The number of likely N-dealkylation sites (tertiary alicyclic amines) is 1. The predicted molar refractivity (Wildman–Crippen MR) is 87.7 cm³/mol. The Labute approximate surface area is 141 Å². The highest BCUT2D eigenvalue weighted by Crippen LogP contribution is 2.32. The fraction of sp³-hybridized carbons (Fsp3) is 0.500. The Bertz CT molecular complexity index is 781. The maximum atomic E-state index is 11.2. The van der Waals surface area contributed by atoms with Crippen LogP contribution in [0.4, 0.5) is 0 Å². The van der Waals surface area contributed by atoms with Gasteiger partial charge >= 0.3 is 0 Å². The van der Waals surface area contributed by atoms with Gasteiger partial charge in [-0.3, -0.25) is 4.90 Å². The maximum absolute atomic E-state index is 11.2. The van der Waals surface area contributed by atoms with E-state index in [4.69, 9.17) is 4.52 Å². The van der Waals surface area contributed by atoms with Gasteiger partial charge in [-0.2, -0.15) is 4.98 Å². The minimum Gasteiger partial charge on any atom is -0.385 e. The monoisotopic (exact) mass is 351 g/mol. The van der Waals surface area contributed by atoms with Crippen molar-refractivity contribution in [3.05, 3.63) is 47.6 Å². The molecular weight excluding hydrogens is 330 g/mol. The molecule has 0 bridgehead atoms. The van der Waals surface area contributed by atoms with E-state index in [0.717, 1.165) is 11.8 Å². The molecule has 1 aromatic heterocycles. The van der Waals surface area contributed by atoms with Gasteiger partial charge in [0.05, 0.1) is 12.1 Å². The summed E-state index contributed by atoms with van der Waals surface area (Å²) in [5, 5.41) is 14.5. The topological polar surface area (TPSA) is 96.5 Å². The van der Waals surface area contributed by atoms with E-state index in [2.05, 4.69) is 15.0 Å². The van der Waals surface area contributed by atoms with Crippen LogP contribution >= 0.6 is 0 Å². The fourth-order valence-electron chi connectivity index (χ4n) is 2.96. The Morgan fingerprint density at radius 2 is 1.92 bits per heavy atom. The summed E-state index contributed by atoms with van der Waals surface area (Å²) >= 11 is 0. The molecule has 0 radical (unpaired) electrons. The third kappa shape index (κ3) is 4.19. The molecule has 1 N–H and O–H groups in total. The van der Waals surface area contributed by atoms with Crippen molar-refractivity contribution in [2.45, 2.75) is 30.7 Å². The van der Waals surface area contributed by atoms with Gasteiger partial charge in [-0.1, -0.05) is 35.5 Å². The molecule has 3 rings (SSSR count). The molecule has 1 aromatic carbocycles. The van der Waals surface area contributed by atoms with Gasteiger partial charge in [0.15, 0.2) is 15.7 Å². The number of sulfone groups is 1. The van der Waals surface area contributed by atoms with E-state index in [1.807, 2.05) is 30.3 Å². The smallest absolute Gasteiger partial charge is 0.240 e. The first kappa shape index (κ1) is 17.1. The highest BCUT2D eigenvalue weighted by atomic mass is 32.2. The molecule has 8 heteroatoms. The van der Waals surface area contributed by atoms with Crippen molar-refractivity contribution >= 4 is 9.84 Å². The molecule has 0 spiro atoms. The Morgan fingerprint density at radius 1 is 1.25 bits per heavy atom. The minimum absolute atomic E-state index is 0.185. The Kier molecular flexibility index (Phi) is 4.71. The summed E-state index contributed by atoms with van der Waals surface area (Å²) in [4.78, 5) is 6.24. The fourth-order valence-corrected chi connectivity index (χ4v) is 3.54. The van der Waals surface area contributed by atoms with Gasteiger partial charge in [-0.25, -0.2) is 8.42 Å². The summed E-state index contributed by atoms with van der Waals surface area (Å²) in [7, 11) is -3.17. The van der Waals surface area contributed by atoms with Gasteiger partial charge in [0, 0.05) is 19.3 Å². The van der Waals surface area contributed by atoms with Crippen molar-refractivity contribution in [2.75, 3.05) is 19.3 Å². The quantitative estimate of drug-likeness (QED) is 0.861. The van der Waals surface area contributed by atoms with Gasteiger partial charge in [-0.05, 0) is 18.4 Å². The summed E-state index contributed by atoms with van der Waals surface area (Å²) < 4.78 is 27.6. The van der Waals surface area contributed by atoms with Gasteiger partial charge < -0.3 is 9.63 Å². The molecule has 1 aliphatic heterocycles. The van der Waals surface area contributed by atoms with Crippen LogP contribution in [0.3, 0.4) is 0 Å². The molecule has 130 valence electrons. The Balaban J connectivity index is 1.58. The molecular formula is C16H21N3O4S. The first-order chi connectivity index (χ1) is 11.3. The van der Waals surface area contributed by atoms with E-state index in [-0.39, 0.29) is 11.6 Å². The zero-order valence-electron chi connectivity index (χ0n) is 13.6. The SMILES string of the molecule is CS(=O)(=O)Cc1noc(CN2CCC(O)(c3ccccc3)CC2)n1. The number of rotatable bonds is 5. The summed E-state index contributed by atoms with van der Waals surface area (Å²) in [5.74, 6) is 0.369. The van der Waals surface area contributed by atoms with E-state index < -0.39 is 15.4 Å². The maximum Gasteiger partial charge on any atom is 0.240 e. The molecule has 0 aliphatic carbocycles. The average Bonchev–Trinajstić information content (AvgIpc) is 2.96. The predicted octanol–water partition coefficient (Wildman–Crippen LogP) is 1.10. The molecule has 24 heavy (non-hydrogen) atoms. The second-order valence-electron chi connectivity index (χ2n) is 6.35. The molecule has 2 aromatic rings. The third-order valence-corrected chi connectivity index (χ3v) is 5.04. The van der Waals surface area contributed by atoms with E-state index >= 15 is 0 Å². The summed E-state index contributed by atoms with van der Waals surface area (Å²) in [6, 6.07) is 9.70. The van der Waals surface area contributed by atoms with E-state index in [1.54, 1.807) is 0 Å². The largest absolute Gasteiger partial charge is 0.385 e. The van der Waals surface area contributed by atoms with Crippen LogP contribution in [-0.2, 0) is 27.7 Å². The molecule has 2 heterocycles. The molecule has 1 aliphatic rings. The average molecular weight is 351 g/mol. The second kappa shape index (κ2) is 6.62. The Morgan fingerprint density at radius 3 is 2.54 bits per heavy atom. The minimum atomic E-state index is -3.17. The summed E-state index contributed by atoms with van der Waals surface area (Å²) in [6.07, 6.45) is 2.39. The van der Waals surface area contributed by atoms with Crippen molar-refractivity contribution in [2.24, 2.45) is 0 Å². The van der Waals surface area contributed by atoms with Gasteiger partial charge in [0.1, 0.15) is 5.75 Å². The van der Waals surface area contributed by atoms with Crippen LogP contribution in [0.5, 0.6) is 0 Å². The lowest BCUT2D eigenvalue weighted by molar-refractivity contribution is -0.0295. The van der Waals surface area contributed by atoms with Crippen LogP contribution in [-0.4, -0.2) is 47.9 Å². The molecule has 7 nitrogen and oxygen atoms in total. The Hall–Kier alpha value is -1.77. The zero-order valence-corrected chi connectivity index (χ0v) is 14.4.